The summed E-state index contributed by atoms with van der Waals surface area (Å²) < 4.78 is 5.17. The Balaban J connectivity index is 2.40. The average Bonchev–Trinajstić information content (AvgIpc) is 2.95. The maximum Gasteiger partial charge on any atom is 0.326 e. The van der Waals surface area contributed by atoms with E-state index in [-0.39, 0.29) is 5.97 Å². The minimum Gasteiger partial charge on any atom is -0.465 e. The smallest absolute Gasteiger partial charge is 0.326 e. The molecule has 1 unspecified atom stereocenters. The van der Waals surface area contributed by atoms with Crippen LogP contribution in [0.15, 0.2) is 11.5 Å². The van der Waals surface area contributed by atoms with E-state index in [1.807, 2.05) is 13.8 Å². The van der Waals surface area contributed by atoms with Gasteiger partial charge in [-0.05, 0) is 39.7 Å². The Morgan fingerprint density at radius 2 is 2.35 bits per heavy atom. The number of hydrogen-bond donors (Lipinski definition) is 2. The number of esters is 1. The predicted octanol–water partition coefficient (Wildman–Crippen LogP) is 2.00. The second-order valence-electron chi connectivity index (χ2n) is 4.72. The van der Waals surface area contributed by atoms with Crippen molar-refractivity contribution in [1.29, 1.82) is 0 Å². The number of aromatic nitrogens is 3. The molecule has 0 aromatic carbocycles. The van der Waals surface area contributed by atoms with Crippen molar-refractivity contribution in [1.82, 2.24) is 20.5 Å². The molecular weight excluding hydrogens is 276 g/mol. The Kier molecular flexibility index (Phi) is 7.61. The lowest BCUT2D eigenvalue weighted by atomic mass is 9.96. The number of carbonyl (C=O) groups is 1. The van der Waals surface area contributed by atoms with Crippen LogP contribution in [0.1, 0.15) is 40.0 Å². The maximum atomic E-state index is 12.1. The summed E-state index contributed by atoms with van der Waals surface area (Å²) in [6.07, 6.45) is 4.13. The summed E-state index contributed by atoms with van der Waals surface area (Å²) in [6.45, 7) is 7.05. The fourth-order valence-corrected chi connectivity index (χ4v) is 2.53. The van der Waals surface area contributed by atoms with E-state index in [4.69, 9.17) is 4.74 Å². The largest absolute Gasteiger partial charge is 0.465 e. The number of ether oxygens (including phenoxy) is 1. The summed E-state index contributed by atoms with van der Waals surface area (Å²) in [7, 11) is 0. The normalized spacial score (nSPS) is 13.9. The Hall–Kier alpha value is -1.08. The summed E-state index contributed by atoms with van der Waals surface area (Å²) in [5.41, 5.74) is -0.603. The second-order valence-corrected chi connectivity index (χ2v) is 5.81. The van der Waals surface area contributed by atoms with Crippen LogP contribution >= 0.6 is 11.8 Å². The zero-order valence-electron chi connectivity index (χ0n) is 12.4. The number of thioether (sulfide) groups is 1. The van der Waals surface area contributed by atoms with Crippen molar-refractivity contribution >= 4 is 17.7 Å². The molecule has 0 aliphatic carbocycles. The summed E-state index contributed by atoms with van der Waals surface area (Å²) in [5.74, 6) is 0.718. The van der Waals surface area contributed by atoms with Crippen LogP contribution in [0.25, 0.3) is 0 Å². The van der Waals surface area contributed by atoms with Crippen LogP contribution in [0.3, 0.4) is 0 Å². The molecule has 0 radical (unpaired) electrons. The first kappa shape index (κ1) is 17.0. The first-order valence-corrected chi connectivity index (χ1v) is 8.01. The van der Waals surface area contributed by atoms with Crippen molar-refractivity contribution < 1.29 is 9.53 Å². The van der Waals surface area contributed by atoms with Crippen LogP contribution < -0.4 is 5.32 Å². The van der Waals surface area contributed by atoms with Gasteiger partial charge in [0.25, 0.3) is 0 Å². The third kappa shape index (κ3) is 5.50. The van der Waals surface area contributed by atoms with Gasteiger partial charge in [-0.25, -0.2) is 4.98 Å². The van der Waals surface area contributed by atoms with E-state index in [9.17, 15) is 4.79 Å². The van der Waals surface area contributed by atoms with Crippen LogP contribution in [0, 0.1) is 0 Å². The van der Waals surface area contributed by atoms with Gasteiger partial charge in [0.05, 0.1) is 6.61 Å². The molecule has 0 aliphatic rings. The summed E-state index contributed by atoms with van der Waals surface area (Å²) in [6, 6.07) is 0. The molecule has 0 fully saturated rings. The van der Waals surface area contributed by atoms with E-state index in [1.54, 1.807) is 11.8 Å². The number of nitrogens with zero attached hydrogens (tertiary/aromatic N) is 2. The molecular formula is C13H24N4O2S. The van der Waals surface area contributed by atoms with Gasteiger partial charge in [-0.1, -0.05) is 18.7 Å². The van der Waals surface area contributed by atoms with Crippen LogP contribution in [0.5, 0.6) is 0 Å². The molecule has 0 bridgehead atoms. The van der Waals surface area contributed by atoms with Gasteiger partial charge in [0.2, 0.25) is 0 Å². The number of hydrogen-bond acceptors (Lipinski definition) is 6. The Labute approximate surface area is 124 Å². The number of carbonyl (C=O) groups excluding carboxylic acids is 1. The molecule has 0 spiro atoms. The maximum absolute atomic E-state index is 12.1. The van der Waals surface area contributed by atoms with Crippen molar-refractivity contribution in [3.63, 3.8) is 0 Å². The van der Waals surface area contributed by atoms with Crippen LogP contribution in [-0.4, -0.2) is 45.6 Å². The van der Waals surface area contributed by atoms with Crippen LogP contribution in [0.2, 0.25) is 0 Å². The lowest BCUT2D eigenvalue weighted by Crippen LogP contribution is -2.50. The fourth-order valence-electron chi connectivity index (χ4n) is 1.81. The SMILES string of the molecule is CCCNC(C)(CCCSc1ncn[nH]1)C(=O)OCC. The van der Waals surface area contributed by atoms with Crippen molar-refractivity contribution in [2.24, 2.45) is 0 Å². The third-order valence-corrected chi connectivity index (χ3v) is 3.91. The summed E-state index contributed by atoms with van der Waals surface area (Å²) in [5, 5.41) is 10.7. The summed E-state index contributed by atoms with van der Waals surface area (Å²) in [4.78, 5) is 16.1. The highest BCUT2D eigenvalue weighted by atomic mass is 32.2. The molecule has 1 heterocycles. The molecule has 7 heteroatoms. The Bertz CT molecular complexity index is 386. The molecule has 1 atom stereocenters. The minimum absolute atomic E-state index is 0.168. The molecule has 2 N–H and O–H groups in total. The van der Waals surface area contributed by atoms with Crippen molar-refractivity contribution in [3.05, 3.63) is 6.33 Å². The van der Waals surface area contributed by atoms with Gasteiger partial charge in [0, 0.05) is 5.75 Å². The molecule has 1 aromatic heterocycles. The van der Waals surface area contributed by atoms with Crippen molar-refractivity contribution in [2.45, 2.75) is 50.7 Å². The van der Waals surface area contributed by atoms with E-state index >= 15 is 0 Å². The quantitative estimate of drug-likeness (QED) is 0.391. The summed E-state index contributed by atoms with van der Waals surface area (Å²) >= 11 is 1.61. The van der Waals surface area contributed by atoms with E-state index < -0.39 is 5.54 Å². The highest BCUT2D eigenvalue weighted by Crippen LogP contribution is 2.19. The molecule has 0 amide bonds. The highest BCUT2D eigenvalue weighted by molar-refractivity contribution is 7.99. The monoisotopic (exact) mass is 300 g/mol. The Morgan fingerprint density at radius 3 is 2.95 bits per heavy atom. The minimum atomic E-state index is -0.603. The van der Waals surface area contributed by atoms with Gasteiger partial charge in [0.1, 0.15) is 11.9 Å². The van der Waals surface area contributed by atoms with Crippen LogP contribution in [-0.2, 0) is 9.53 Å². The van der Waals surface area contributed by atoms with Gasteiger partial charge in [-0.15, -0.1) is 0 Å². The molecule has 1 rings (SSSR count). The molecule has 114 valence electrons. The molecule has 0 saturated heterocycles. The lowest BCUT2D eigenvalue weighted by molar-refractivity contribution is -0.150. The zero-order chi connectivity index (χ0) is 14.8. The molecule has 6 nitrogen and oxygen atoms in total. The number of H-pyrrole nitrogens is 1. The van der Waals surface area contributed by atoms with Gasteiger partial charge in [-0.2, -0.15) is 5.10 Å². The first-order chi connectivity index (χ1) is 9.62. The number of nitrogens with one attached hydrogen (secondary N) is 2. The van der Waals surface area contributed by atoms with Crippen molar-refractivity contribution in [3.8, 4) is 0 Å². The second kappa shape index (κ2) is 8.97. The van der Waals surface area contributed by atoms with Crippen LogP contribution in [0.4, 0.5) is 0 Å². The third-order valence-electron chi connectivity index (χ3n) is 2.94. The molecule has 0 saturated carbocycles. The van der Waals surface area contributed by atoms with E-state index in [0.29, 0.717) is 6.61 Å². The Morgan fingerprint density at radius 1 is 1.55 bits per heavy atom. The molecule has 0 aliphatic heterocycles. The van der Waals surface area contributed by atoms with E-state index in [0.717, 1.165) is 36.7 Å². The zero-order valence-corrected chi connectivity index (χ0v) is 13.3. The lowest BCUT2D eigenvalue weighted by Gasteiger charge is -2.28. The average molecular weight is 300 g/mol. The van der Waals surface area contributed by atoms with E-state index in [2.05, 4.69) is 27.4 Å². The standard InChI is InChI=1S/C13H24N4O2S/c1-4-8-15-13(3,11(18)19-5-2)7-6-9-20-12-14-10-16-17-12/h10,15H,4-9H2,1-3H3,(H,14,16,17). The number of rotatable bonds is 10. The topological polar surface area (TPSA) is 79.9 Å². The molecule has 20 heavy (non-hydrogen) atoms. The van der Waals surface area contributed by atoms with Gasteiger partial charge in [-0.3, -0.25) is 9.89 Å². The van der Waals surface area contributed by atoms with Gasteiger partial charge in [0.15, 0.2) is 5.16 Å². The first-order valence-electron chi connectivity index (χ1n) is 7.02. The van der Waals surface area contributed by atoms with Gasteiger partial charge < -0.3 is 10.1 Å². The fraction of sp³-hybridized carbons (Fsp3) is 0.769. The van der Waals surface area contributed by atoms with Crippen molar-refractivity contribution in [2.75, 3.05) is 18.9 Å². The highest BCUT2D eigenvalue weighted by Gasteiger charge is 2.33. The predicted molar refractivity (Wildman–Crippen MR) is 79.7 cm³/mol. The van der Waals surface area contributed by atoms with E-state index in [1.165, 1.54) is 6.33 Å². The van der Waals surface area contributed by atoms with Gasteiger partial charge >= 0.3 is 5.97 Å². The number of aromatic amines is 1. The molecule has 1 aromatic rings.